The summed E-state index contributed by atoms with van der Waals surface area (Å²) in [6.45, 7) is 4.00. The van der Waals surface area contributed by atoms with Crippen LogP contribution in [-0.2, 0) is 16.1 Å². The number of rotatable bonds is 9. The lowest BCUT2D eigenvalue weighted by Crippen LogP contribution is -2.35. The smallest absolute Gasteiger partial charge is 0.343 e. The molecule has 0 saturated carbocycles. The second-order valence-electron chi connectivity index (χ2n) is 7.52. The maximum atomic E-state index is 11.4. The highest BCUT2D eigenvalue weighted by molar-refractivity contribution is 5.83. The second-order valence-corrected chi connectivity index (χ2v) is 7.52. The van der Waals surface area contributed by atoms with Gasteiger partial charge in [0.05, 0.1) is 19.3 Å². The SMILES string of the molecule is COC(=O)COc1cccc2c1OCCN2CCCNCc1ccc2ccccc2c1. The molecule has 31 heavy (non-hydrogen) atoms. The maximum Gasteiger partial charge on any atom is 0.343 e. The zero-order valence-electron chi connectivity index (χ0n) is 17.8. The molecule has 0 atom stereocenters. The Hall–Kier alpha value is -3.25. The molecule has 1 N–H and O–H groups in total. The minimum Gasteiger partial charge on any atom is -0.486 e. The number of hydrogen-bond acceptors (Lipinski definition) is 6. The number of carbonyl (C=O) groups excluding carboxylic acids is 1. The number of methoxy groups -OCH3 is 1. The Morgan fingerprint density at radius 2 is 1.97 bits per heavy atom. The van der Waals surface area contributed by atoms with E-state index in [0.29, 0.717) is 18.1 Å². The number of para-hydroxylation sites is 1. The van der Waals surface area contributed by atoms with Crippen molar-refractivity contribution in [3.63, 3.8) is 0 Å². The van der Waals surface area contributed by atoms with Crippen LogP contribution in [0.15, 0.2) is 60.7 Å². The number of ether oxygens (including phenoxy) is 3. The van der Waals surface area contributed by atoms with Crippen molar-refractivity contribution < 1.29 is 19.0 Å². The molecule has 0 spiro atoms. The third-order valence-corrected chi connectivity index (χ3v) is 5.40. The molecule has 1 heterocycles. The fraction of sp³-hybridized carbons (Fsp3) is 0.320. The average Bonchev–Trinajstić information content (AvgIpc) is 2.82. The molecular weight excluding hydrogens is 392 g/mol. The molecule has 4 rings (SSSR count). The predicted molar refractivity (Wildman–Crippen MR) is 122 cm³/mol. The molecule has 0 aromatic heterocycles. The lowest BCUT2D eigenvalue weighted by atomic mass is 10.1. The van der Waals surface area contributed by atoms with Crippen molar-refractivity contribution in [1.82, 2.24) is 5.32 Å². The van der Waals surface area contributed by atoms with E-state index in [4.69, 9.17) is 9.47 Å². The van der Waals surface area contributed by atoms with Gasteiger partial charge in [0.2, 0.25) is 0 Å². The number of nitrogens with zero attached hydrogens (tertiary/aromatic N) is 1. The average molecular weight is 421 g/mol. The minimum atomic E-state index is -0.414. The molecular formula is C25H28N2O4. The van der Waals surface area contributed by atoms with Crippen LogP contribution in [0.2, 0.25) is 0 Å². The molecule has 1 aliphatic rings. The first-order chi connectivity index (χ1) is 15.2. The first kappa shape index (κ1) is 21.0. The van der Waals surface area contributed by atoms with Crippen LogP contribution in [0.4, 0.5) is 5.69 Å². The molecule has 162 valence electrons. The molecule has 0 bridgehead atoms. The van der Waals surface area contributed by atoms with Crippen molar-refractivity contribution in [1.29, 1.82) is 0 Å². The minimum absolute atomic E-state index is 0.130. The van der Waals surface area contributed by atoms with Gasteiger partial charge in [0.25, 0.3) is 0 Å². The lowest BCUT2D eigenvalue weighted by Gasteiger charge is -2.32. The third kappa shape index (κ3) is 5.27. The van der Waals surface area contributed by atoms with Crippen LogP contribution in [0.1, 0.15) is 12.0 Å². The van der Waals surface area contributed by atoms with Gasteiger partial charge in [-0.05, 0) is 47.5 Å². The summed E-state index contributed by atoms with van der Waals surface area (Å²) in [7, 11) is 1.35. The summed E-state index contributed by atoms with van der Waals surface area (Å²) >= 11 is 0. The molecule has 6 heteroatoms. The first-order valence-electron chi connectivity index (χ1n) is 10.6. The molecule has 0 fully saturated rings. The molecule has 3 aromatic carbocycles. The van der Waals surface area contributed by atoms with Gasteiger partial charge in [0, 0.05) is 13.1 Å². The van der Waals surface area contributed by atoms with Gasteiger partial charge in [0.1, 0.15) is 6.61 Å². The first-order valence-corrected chi connectivity index (χ1v) is 10.6. The lowest BCUT2D eigenvalue weighted by molar-refractivity contribution is -0.142. The number of benzene rings is 3. The number of fused-ring (bicyclic) bond motifs is 2. The van der Waals surface area contributed by atoms with E-state index in [0.717, 1.165) is 38.3 Å². The van der Waals surface area contributed by atoms with Gasteiger partial charge in [0.15, 0.2) is 18.1 Å². The van der Waals surface area contributed by atoms with Crippen molar-refractivity contribution >= 4 is 22.4 Å². The highest BCUT2D eigenvalue weighted by Crippen LogP contribution is 2.39. The molecule has 0 unspecified atom stereocenters. The number of anilines is 1. The van der Waals surface area contributed by atoms with Crippen LogP contribution in [-0.4, -0.2) is 45.9 Å². The number of hydrogen-bond donors (Lipinski definition) is 1. The summed E-state index contributed by atoms with van der Waals surface area (Å²) in [4.78, 5) is 13.7. The van der Waals surface area contributed by atoms with Crippen LogP contribution < -0.4 is 19.7 Å². The van der Waals surface area contributed by atoms with E-state index in [1.54, 1.807) is 0 Å². The number of nitrogens with one attached hydrogen (secondary N) is 1. The van der Waals surface area contributed by atoms with Crippen LogP contribution in [0, 0.1) is 0 Å². The van der Waals surface area contributed by atoms with Crippen molar-refractivity contribution in [3.8, 4) is 11.5 Å². The highest BCUT2D eigenvalue weighted by Gasteiger charge is 2.21. The van der Waals surface area contributed by atoms with Gasteiger partial charge in [-0.25, -0.2) is 4.79 Å². The number of carbonyl (C=O) groups is 1. The Kier molecular flexibility index (Phi) is 6.89. The molecule has 0 amide bonds. The molecule has 6 nitrogen and oxygen atoms in total. The fourth-order valence-electron chi connectivity index (χ4n) is 3.79. The van der Waals surface area contributed by atoms with Crippen LogP contribution >= 0.6 is 0 Å². The van der Waals surface area contributed by atoms with E-state index < -0.39 is 5.97 Å². The fourth-order valence-corrected chi connectivity index (χ4v) is 3.79. The van der Waals surface area contributed by atoms with E-state index in [9.17, 15) is 4.79 Å². The topological polar surface area (TPSA) is 60.0 Å². The molecule has 3 aromatic rings. The van der Waals surface area contributed by atoms with Crippen LogP contribution in [0.25, 0.3) is 10.8 Å². The maximum absolute atomic E-state index is 11.4. The van der Waals surface area contributed by atoms with Crippen molar-refractivity contribution in [2.45, 2.75) is 13.0 Å². The summed E-state index contributed by atoms with van der Waals surface area (Å²) < 4.78 is 16.1. The zero-order valence-corrected chi connectivity index (χ0v) is 17.8. The van der Waals surface area contributed by atoms with Gasteiger partial charge >= 0.3 is 5.97 Å². The van der Waals surface area contributed by atoms with E-state index >= 15 is 0 Å². The van der Waals surface area contributed by atoms with Gasteiger partial charge in [-0.3, -0.25) is 0 Å². The summed E-state index contributed by atoms with van der Waals surface area (Å²) in [5.41, 5.74) is 2.30. The quantitative estimate of drug-likeness (QED) is 0.420. The summed E-state index contributed by atoms with van der Waals surface area (Å²) in [6.07, 6.45) is 1.01. The third-order valence-electron chi connectivity index (χ3n) is 5.40. The molecule has 1 aliphatic heterocycles. The molecule has 0 saturated heterocycles. The predicted octanol–water partition coefficient (Wildman–Crippen LogP) is 3.77. The molecule has 0 aliphatic carbocycles. The van der Waals surface area contributed by atoms with Crippen molar-refractivity contribution in [2.24, 2.45) is 0 Å². The standard InChI is InChI=1S/C25H28N2O4/c1-29-24(28)18-31-23-9-4-8-22-25(23)30-15-14-27(22)13-5-12-26-17-19-10-11-20-6-2-3-7-21(20)16-19/h2-4,6-11,16,26H,5,12-15,17-18H2,1H3. The van der Waals surface area contributed by atoms with E-state index in [-0.39, 0.29) is 6.61 Å². The Balaban J connectivity index is 1.28. The number of esters is 1. The monoisotopic (exact) mass is 420 g/mol. The normalized spacial score (nSPS) is 12.9. The largest absolute Gasteiger partial charge is 0.486 e. The Morgan fingerprint density at radius 3 is 2.84 bits per heavy atom. The second kappa shape index (κ2) is 10.2. The highest BCUT2D eigenvalue weighted by atomic mass is 16.6. The molecule has 0 radical (unpaired) electrons. The Labute approximate surface area is 182 Å². The van der Waals surface area contributed by atoms with E-state index in [1.807, 2.05) is 18.2 Å². The Morgan fingerprint density at radius 1 is 1.10 bits per heavy atom. The summed E-state index contributed by atoms with van der Waals surface area (Å²) in [5, 5.41) is 6.09. The van der Waals surface area contributed by atoms with Gasteiger partial charge in [-0.15, -0.1) is 0 Å². The van der Waals surface area contributed by atoms with Gasteiger partial charge in [-0.1, -0.05) is 42.5 Å². The van der Waals surface area contributed by atoms with E-state index in [1.165, 1.54) is 23.4 Å². The van der Waals surface area contributed by atoms with Gasteiger partial charge in [-0.2, -0.15) is 0 Å². The van der Waals surface area contributed by atoms with E-state index in [2.05, 4.69) is 57.4 Å². The van der Waals surface area contributed by atoms with Crippen molar-refractivity contribution in [2.75, 3.05) is 44.9 Å². The van der Waals surface area contributed by atoms with Gasteiger partial charge < -0.3 is 24.4 Å². The zero-order chi connectivity index (χ0) is 21.5. The summed E-state index contributed by atoms with van der Waals surface area (Å²) in [6, 6.07) is 20.8. The van der Waals surface area contributed by atoms with Crippen LogP contribution in [0.3, 0.4) is 0 Å². The van der Waals surface area contributed by atoms with Crippen LogP contribution in [0.5, 0.6) is 11.5 Å². The summed E-state index contributed by atoms with van der Waals surface area (Å²) in [5.74, 6) is 0.853. The van der Waals surface area contributed by atoms with Crippen molar-refractivity contribution in [3.05, 3.63) is 66.2 Å². The Bertz CT molecular complexity index is 1040.